The molecule has 1 N–H and O–H groups in total. The van der Waals surface area contributed by atoms with Crippen LogP contribution < -0.4 is 5.32 Å². The van der Waals surface area contributed by atoms with Crippen LogP contribution in [0.15, 0.2) is 47.8 Å². The maximum Gasteiger partial charge on any atom is 0.0300 e. The Bertz CT molecular complexity index is 397. The summed E-state index contributed by atoms with van der Waals surface area (Å²) in [6.07, 6.45) is 0. The van der Waals surface area contributed by atoms with Crippen molar-refractivity contribution >= 4 is 23.1 Å². The molecule has 1 aromatic heterocycles. The second-order valence-corrected chi connectivity index (χ2v) is 5.93. The van der Waals surface area contributed by atoms with Crippen LogP contribution in [0.1, 0.15) is 10.4 Å². The third-order valence-electron chi connectivity index (χ3n) is 2.41. The third kappa shape index (κ3) is 4.94. The maximum atomic E-state index is 3.46. The first-order valence-electron chi connectivity index (χ1n) is 5.80. The first-order valence-corrected chi connectivity index (χ1v) is 7.83. The molecule has 0 aliphatic rings. The molecule has 0 atom stereocenters. The normalized spacial score (nSPS) is 10.6. The largest absolute Gasteiger partial charge is 0.311 e. The topological polar surface area (TPSA) is 12.0 Å². The average molecular weight is 263 g/mol. The Morgan fingerprint density at radius 1 is 1.06 bits per heavy atom. The molecule has 0 radical (unpaired) electrons. The summed E-state index contributed by atoms with van der Waals surface area (Å²) in [5.41, 5.74) is 1.41. The summed E-state index contributed by atoms with van der Waals surface area (Å²) in [7, 11) is 0. The predicted octanol–water partition coefficient (Wildman–Crippen LogP) is 3.77. The average Bonchev–Trinajstić information content (AvgIpc) is 2.88. The third-order valence-corrected chi connectivity index (χ3v) is 4.32. The minimum atomic E-state index is 1.00. The summed E-state index contributed by atoms with van der Waals surface area (Å²) in [6, 6.07) is 14.9. The van der Waals surface area contributed by atoms with Gasteiger partial charge in [0.15, 0.2) is 0 Å². The molecule has 2 aromatic rings. The van der Waals surface area contributed by atoms with E-state index >= 15 is 0 Å². The van der Waals surface area contributed by atoms with Crippen molar-refractivity contribution in [2.45, 2.75) is 12.3 Å². The molecule has 1 aromatic carbocycles. The van der Waals surface area contributed by atoms with E-state index in [0.717, 1.165) is 18.8 Å². The zero-order valence-corrected chi connectivity index (χ0v) is 11.4. The molecule has 0 amide bonds. The Kier molecular flexibility index (Phi) is 5.62. The van der Waals surface area contributed by atoms with Gasteiger partial charge in [-0.2, -0.15) is 11.8 Å². The van der Waals surface area contributed by atoms with Crippen LogP contribution >= 0.6 is 23.1 Å². The van der Waals surface area contributed by atoms with Crippen molar-refractivity contribution < 1.29 is 0 Å². The lowest BCUT2D eigenvalue weighted by molar-refractivity contribution is 0.741. The van der Waals surface area contributed by atoms with Gasteiger partial charge in [0.05, 0.1) is 0 Å². The van der Waals surface area contributed by atoms with Crippen molar-refractivity contribution in [3.63, 3.8) is 0 Å². The Hall–Kier alpha value is -0.770. The van der Waals surface area contributed by atoms with Crippen LogP contribution in [0, 0.1) is 0 Å². The predicted molar refractivity (Wildman–Crippen MR) is 78.6 cm³/mol. The van der Waals surface area contributed by atoms with E-state index < -0.39 is 0 Å². The van der Waals surface area contributed by atoms with E-state index in [2.05, 4.69) is 53.2 Å². The Labute approximate surface area is 111 Å². The van der Waals surface area contributed by atoms with Crippen LogP contribution in [0.2, 0.25) is 0 Å². The summed E-state index contributed by atoms with van der Waals surface area (Å²) in [5, 5.41) is 5.59. The highest BCUT2D eigenvalue weighted by Crippen LogP contribution is 2.11. The van der Waals surface area contributed by atoms with E-state index in [1.165, 1.54) is 16.2 Å². The molecule has 2 rings (SSSR count). The smallest absolute Gasteiger partial charge is 0.0300 e. The van der Waals surface area contributed by atoms with Gasteiger partial charge < -0.3 is 5.32 Å². The summed E-state index contributed by atoms with van der Waals surface area (Å²) in [4.78, 5) is 1.41. The summed E-state index contributed by atoms with van der Waals surface area (Å²) >= 11 is 3.80. The fourth-order valence-electron chi connectivity index (χ4n) is 1.53. The highest BCUT2D eigenvalue weighted by Gasteiger charge is 1.94. The van der Waals surface area contributed by atoms with E-state index in [9.17, 15) is 0 Å². The molecule has 0 spiro atoms. The molecule has 0 aliphatic heterocycles. The van der Waals surface area contributed by atoms with E-state index in [4.69, 9.17) is 0 Å². The van der Waals surface area contributed by atoms with Crippen molar-refractivity contribution in [2.75, 3.05) is 12.3 Å². The minimum Gasteiger partial charge on any atom is -0.311 e. The maximum absolute atomic E-state index is 3.46. The first-order chi connectivity index (χ1) is 8.45. The van der Waals surface area contributed by atoms with Crippen LogP contribution in [0.5, 0.6) is 0 Å². The van der Waals surface area contributed by atoms with Crippen LogP contribution in [-0.4, -0.2) is 12.3 Å². The molecule has 0 saturated heterocycles. The zero-order chi connectivity index (χ0) is 11.8. The lowest BCUT2D eigenvalue weighted by Gasteiger charge is -2.03. The van der Waals surface area contributed by atoms with Gasteiger partial charge in [0.2, 0.25) is 0 Å². The van der Waals surface area contributed by atoms with Crippen molar-refractivity contribution in [3.05, 3.63) is 58.3 Å². The number of thioether (sulfide) groups is 1. The van der Waals surface area contributed by atoms with Gasteiger partial charge in [0.1, 0.15) is 0 Å². The van der Waals surface area contributed by atoms with Crippen LogP contribution in [0.25, 0.3) is 0 Å². The molecular formula is C14H17NS2. The molecule has 1 heterocycles. The summed E-state index contributed by atoms with van der Waals surface area (Å²) < 4.78 is 0. The van der Waals surface area contributed by atoms with Crippen LogP contribution in [0.3, 0.4) is 0 Å². The first kappa shape index (κ1) is 12.7. The van der Waals surface area contributed by atoms with Crippen molar-refractivity contribution in [2.24, 2.45) is 0 Å². The number of rotatable bonds is 7. The fourth-order valence-corrected chi connectivity index (χ4v) is 3.07. The standard InChI is InChI=1S/C14H17NS2/c1-2-5-13(6-3-1)12-16-10-8-15-11-14-7-4-9-17-14/h1-7,9,15H,8,10-12H2. The molecule has 0 unspecified atom stereocenters. The van der Waals surface area contributed by atoms with Gasteiger partial charge in [0, 0.05) is 29.5 Å². The van der Waals surface area contributed by atoms with E-state index in [1.54, 1.807) is 0 Å². The molecule has 90 valence electrons. The molecule has 0 saturated carbocycles. The molecule has 0 fully saturated rings. The SMILES string of the molecule is c1ccc(CSCCNCc2cccs2)cc1. The quantitative estimate of drug-likeness (QED) is 0.763. The van der Waals surface area contributed by atoms with Crippen molar-refractivity contribution in [1.82, 2.24) is 5.32 Å². The Morgan fingerprint density at radius 3 is 2.71 bits per heavy atom. The summed E-state index contributed by atoms with van der Waals surface area (Å²) in [6.45, 7) is 2.08. The second-order valence-electron chi connectivity index (χ2n) is 3.79. The molecule has 17 heavy (non-hydrogen) atoms. The highest BCUT2D eigenvalue weighted by atomic mass is 32.2. The second kappa shape index (κ2) is 7.54. The Balaban J connectivity index is 1.52. The highest BCUT2D eigenvalue weighted by molar-refractivity contribution is 7.98. The number of benzene rings is 1. The van der Waals surface area contributed by atoms with E-state index in [-0.39, 0.29) is 0 Å². The monoisotopic (exact) mass is 263 g/mol. The fraction of sp³-hybridized carbons (Fsp3) is 0.286. The Morgan fingerprint density at radius 2 is 1.94 bits per heavy atom. The summed E-state index contributed by atoms with van der Waals surface area (Å²) in [5.74, 6) is 2.28. The van der Waals surface area contributed by atoms with Crippen molar-refractivity contribution in [1.29, 1.82) is 0 Å². The number of hydrogen-bond donors (Lipinski definition) is 1. The van der Waals surface area contributed by atoms with Crippen LogP contribution in [0.4, 0.5) is 0 Å². The lowest BCUT2D eigenvalue weighted by Crippen LogP contribution is -2.15. The molecule has 3 heteroatoms. The lowest BCUT2D eigenvalue weighted by atomic mass is 10.2. The molecule has 0 aliphatic carbocycles. The minimum absolute atomic E-state index is 1.00. The van der Waals surface area contributed by atoms with Crippen LogP contribution in [-0.2, 0) is 12.3 Å². The number of hydrogen-bond acceptors (Lipinski definition) is 3. The van der Waals surface area contributed by atoms with E-state index in [0.29, 0.717) is 0 Å². The van der Waals surface area contributed by atoms with Gasteiger partial charge in [-0.15, -0.1) is 11.3 Å². The number of thiophene rings is 1. The van der Waals surface area contributed by atoms with Gasteiger partial charge in [-0.1, -0.05) is 36.4 Å². The molecular weight excluding hydrogens is 246 g/mol. The van der Waals surface area contributed by atoms with E-state index in [1.807, 2.05) is 23.1 Å². The molecule has 1 nitrogen and oxygen atoms in total. The van der Waals surface area contributed by atoms with Crippen molar-refractivity contribution in [3.8, 4) is 0 Å². The number of nitrogens with one attached hydrogen (secondary N) is 1. The van der Waals surface area contributed by atoms with Gasteiger partial charge >= 0.3 is 0 Å². The van der Waals surface area contributed by atoms with Gasteiger partial charge in [-0.05, 0) is 17.0 Å². The van der Waals surface area contributed by atoms with Gasteiger partial charge in [0.25, 0.3) is 0 Å². The zero-order valence-electron chi connectivity index (χ0n) is 9.76. The molecule has 0 bridgehead atoms. The van der Waals surface area contributed by atoms with Gasteiger partial charge in [-0.3, -0.25) is 0 Å². The van der Waals surface area contributed by atoms with Gasteiger partial charge in [-0.25, -0.2) is 0 Å².